The minimum Gasteiger partial charge on any atom is -0.504 e. The number of methoxy groups -OCH3 is 1. The van der Waals surface area contributed by atoms with Crippen LogP contribution in [-0.4, -0.2) is 39.6 Å². The molecule has 0 saturated carbocycles. The number of ether oxygens (including phenoxy) is 1. The molecule has 7 heteroatoms. The second kappa shape index (κ2) is 7.18. The zero-order valence-electron chi connectivity index (χ0n) is 13.2. The molecule has 1 heterocycles. The molecule has 0 fully saturated rings. The van der Waals surface area contributed by atoms with Gasteiger partial charge in [-0.25, -0.2) is 0 Å². The highest BCUT2D eigenvalue weighted by Gasteiger charge is 2.13. The second-order valence-corrected chi connectivity index (χ2v) is 5.60. The molecule has 3 aromatic rings. The highest BCUT2D eigenvalue weighted by molar-refractivity contribution is 7.98. The normalized spacial score (nSPS) is 11.1. The molecule has 0 atom stereocenters. The lowest BCUT2D eigenvalue weighted by atomic mass is 10.2. The molecule has 0 aliphatic heterocycles. The number of rotatable bonds is 5. The van der Waals surface area contributed by atoms with Crippen molar-refractivity contribution in [3.05, 3.63) is 54.1 Å². The molecule has 0 unspecified atom stereocenters. The van der Waals surface area contributed by atoms with Gasteiger partial charge in [0.1, 0.15) is 0 Å². The number of phenolic OH excluding ortho intramolecular Hbond substituents is 1. The number of nitrogens with zero attached hydrogens (tertiary/aromatic N) is 4. The first-order valence-electron chi connectivity index (χ1n) is 7.19. The van der Waals surface area contributed by atoms with E-state index in [1.54, 1.807) is 29.1 Å². The van der Waals surface area contributed by atoms with Crippen LogP contribution < -0.4 is 4.74 Å². The van der Waals surface area contributed by atoms with E-state index in [0.717, 1.165) is 5.56 Å². The standard InChI is InChI=1S/C17H16N4O2S/c1-23-14-10-6-9-13(15(14)22)11-18-21-16(19-20-17(21)24-2)12-7-4-3-5-8-12/h3-11,22H,1-2H3. The Morgan fingerprint density at radius 1 is 1.12 bits per heavy atom. The fourth-order valence-electron chi connectivity index (χ4n) is 2.19. The van der Waals surface area contributed by atoms with Gasteiger partial charge in [0.15, 0.2) is 17.3 Å². The van der Waals surface area contributed by atoms with Crippen LogP contribution >= 0.6 is 11.8 Å². The molecule has 2 aromatic carbocycles. The topological polar surface area (TPSA) is 72.5 Å². The number of aromatic hydroxyl groups is 1. The molecule has 0 aliphatic carbocycles. The first-order chi connectivity index (χ1) is 11.7. The molecule has 3 rings (SSSR count). The van der Waals surface area contributed by atoms with Gasteiger partial charge >= 0.3 is 0 Å². The van der Waals surface area contributed by atoms with E-state index in [2.05, 4.69) is 15.3 Å². The molecule has 0 saturated heterocycles. The summed E-state index contributed by atoms with van der Waals surface area (Å²) in [5, 5.41) is 23.6. The Labute approximate surface area is 143 Å². The molecule has 1 aromatic heterocycles. The van der Waals surface area contributed by atoms with Gasteiger partial charge in [-0.1, -0.05) is 48.2 Å². The van der Waals surface area contributed by atoms with Crippen LogP contribution in [0.5, 0.6) is 11.5 Å². The van der Waals surface area contributed by atoms with E-state index in [1.807, 2.05) is 36.6 Å². The SMILES string of the molecule is COc1cccc(C=Nn2c(SC)nnc2-c2ccccc2)c1O. The Kier molecular flexibility index (Phi) is 4.81. The van der Waals surface area contributed by atoms with Gasteiger partial charge in [-0.05, 0) is 18.4 Å². The van der Waals surface area contributed by atoms with Gasteiger partial charge in [0.25, 0.3) is 0 Å². The van der Waals surface area contributed by atoms with Gasteiger partial charge < -0.3 is 9.84 Å². The van der Waals surface area contributed by atoms with Crippen molar-refractivity contribution in [3.8, 4) is 22.9 Å². The number of phenols is 1. The van der Waals surface area contributed by atoms with Crippen LogP contribution in [0.1, 0.15) is 5.56 Å². The summed E-state index contributed by atoms with van der Waals surface area (Å²) >= 11 is 1.45. The van der Waals surface area contributed by atoms with Crippen LogP contribution in [0.4, 0.5) is 0 Å². The van der Waals surface area contributed by atoms with Crippen LogP contribution in [0.15, 0.2) is 58.8 Å². The van der Waals surface area contributed by atoms with Crippen LogP contribution in [0.3, 0.4) is 0 Å². The third-order valence-electron chi connectivity index (χ3n) is 3.39. The lowest BCUT2D eigenvalue weighted by molar-refractivity contribution is 0.373. The molecule has 122 valence electrons. The zero-order chi connectivity index (χ0) is 16.9. The van der Waals surface area contributed by atoms with E-state index < -0.39 is 0 Å². The molecule has 0 bridgehead atoms. The fourth-order valence-corrected chi connectivity index (χ4v) is 2.62. The van der Waals surface area contributed by atoms with Crippen molar-refractivity contribution in [2.24, 2.45) is 5.10 Å². The summed E-state index contributed by atoms with van der Waals surface area (Å²) in [5.41, 5.74) is 1.46. The van der Waals surface area contributed by atoms with Gasteiger partial charge in [-0.3, -0.25) is 0 Å². The molecule has 6 nitrogen and oxygen atoms in total. The van der Waals surface area contributed by atoms with Crippen molar-refractivity contribution in [3.63, 3.8) is 0 Å². The van der Waals surface area contributed by atoms with E-state index in [4.69, 9.17) is 4.74 Å². The minimum atomic E-state index is 0.0452. The largest absolute Gasteiger partial charge is 0.504 e. The Morgan fingerprint density at radius 2 is 1.92 bits per heavy atom. The smallest absolute Gasteiger partial charge is 0.212 e. The van der Waals surface area contributed by atoms with Gasteiger partial charge in [0.2, 0.25) is 5.16 Å². The Balaban J connectivity index is 2.02. The van der Waals surface area contributed by atoms with E-state index in [9.17, 15) is 5.11 Å². The van der Waals surface area contributed by atoms with Crippen molar-refractivity contribution in [1.82, 2.24) is 14.9 Å². The fraction of sp³-hybridized carbons (Fsp3) is 0.118. The maximum Gasteiger partial charge on any atom is 0.212 e. The third kappa shape index (κ3) is 3.11. The van der Waals surface area contributed by atoms with Gasteiger partial charge in [0.05, 0.1) is 13.3 Å². The highest BCUT2D eigenvalue weighted by atomic mass is 32.2. The molecule has 0 radical (unpaired) electrons. The molecule has 1 N–H and O–H groups in total. The number of benzene rings is 2. The summed E-state index contributed by atoms with van der Waals surface area (Å²) in [7, 11) is 1.51. The third-order valence-corrected chi connectivity index (χ3v) is 4.01. The average Bonchev–Trinajstić information content (AvgIpc) is 3.04. The molecule has 0 aliphatic rings. The molecule has 0 amide bonds. The summed E-state index contributed by atoms with van der Waals surface area (Å²) in [6.07, 6.45) is 3.47. The van der Waals surface area contributed by atoms with E-state index in [-0.39, 0.29) is 5.75 Å². The lowest BCUT2D eigenvalue weighted by Gasteiger charge is -2.06. The Morgan fingerprint density at radius 3 is 2.62 bits per heavy atom. The summed E-state index contributed by atoms with van der Waals surface area (Å²) in [6, 6.07) is 14.9. The second-order valence-electron chi connectivity index (χ2n) is 4.83. The monoisotopic (exact) mass is 340 g/mol. The van der Waals surface area contributed by atoms with Crippen molar-refractivity contribution in [2.75, 3.05) is 13.4 Å². The molecular weight excluding hydrogens is 324 g/mol. The number of hydrogen-bond donors (Lipinski definition) is 1. The van der Waals surface area contributed by atoms with Crippen molar-refractivity contribution < 1.29 is 9.84 Å². The molecule has 0 spiro atoms. The van der Waals surface area contributed by atoms with E-state index in [0.29, 0.717) is 22.3 Å². The number of para-hydroxylation sites is 1. The predicted molar refractivity (Wildman–Crippen MR) is 94.9 cm³/mol. The van der Waals surface area contributed by atoms with Crippen LogP contribution in [0, 0.1) is 0 Å². The summed E-state index contributed by atoms with van der Waals surface area (Å²) in [4.78, 5) is 0. The minimum absolute atomic E-state index is 0.0452. The van der Waals surface area contributed by atoms with E-state index >= 15 is 0 Å². The van der Waals surface area contributed by atoms with Crippen molar-refractivity contribution in [2.45, 2.75) is 5.16 Å². The number of aromatic nitrogens is 3. The molecular formula is C17H16N4O2S. The Bertz CT molecular complexity index is 862. The maximum absolute atomic E-state index is 10.2. The van der Waals surface area contributed by atoms with Gasteiger partial charge in [-0.2, -0.15) is 9.78 Å². The number of thioether (sulfide) groups is 1. The number of hydrogen-bond acceptors (Lipinski definition) is 6. The average molecular weight is 340 g/mol. The van der Waals surface area contributed by atoms with Crippen LogP contribution in [0.2, 0.25) is 0 Å². The first kappa shape index (κ1) is 16.1. The predicted octanol–water partition coefficient (Wildman–Crippen LogP) is 3.26. The summed E-state index contributed by atoms with van der Waals surface area (Å²) < 4.78 is 6.77. The van der Waals surface area contributed by atoms with Crippen LogP contribution in [0.25, 0.3) is 11.4 Å². The van der Waals surface area contributed by atoms with Crippen LogP contribution in [-0.2, 0) is 0 Å². The van der Waals surface area contributed by atoms with Crippen molar-refractivity contribution >= 4 is 18.0 Å². The summed E-state index contributed by atoms with van der Waals surface area (Å²) in [5.74, 6) is 1.08. The van der Waals surface area contributed by atoms with Gasteiger partial charge in [0, 0.05) is 11.1 Å². The first-order valence-corrected chi connectivity index (χ1v) is 8.42. The lowest BCUT2D eigenvalue weighted by Crippen LogP contribution is -1.97. The summed E-state index contributed by atoms with van der Waals surface area (Å²) in [6.45, 7) is 0. The quantitative estimate of drug-likeness (QED) is 0.570. The van der Waals surface area contributed by atoms with Crippen molar-refractivity contribution in [1.29, 1.82) is 0 Å². The highest BCUT2D eigenvalue weighted by Crippen LogP contribution is 2.28. The Hall–Kier alpha value is -2.80. The van der Waals surface area contributed by atoms with Gasteiger partial charge in [-0.15, -0.1) is 10.2 Å². The maximum atomic E-state index is 10.2. The zero-order valence-corrected chi connectivity index (χ0v) is 14.1. The molecule has 24 heavy (non-hydrogen) atoms. The van der Waals surface area contributed by atoms with E-state index in [1.165, 1.54) is 18.9 Å².